The summed E-state index contributed by atoms with van der Waals surface area (Å²) in [5, 5.41) is 6.08. The summed E-state index contributed by atoms with van der Waals surface area (Å²) in [4.78, 5) is 28.5. The minimum Gasteiger partial charge on any atom is -0.455 e. The second-order valence-electron chi connectivity index (χ2n) is 10.2. The molecular formula is C31H35N3O3. The lowest BCUT2D eigenvalue weighted by atomic mass is 10.1. The molecule has 3 aromatic carbocycles. The molecule has 0 aromatic heterocycles. The third-order valence-electron chi connectivity index (χ3n) is 7.47. The Morgan fingerprint density at radius 1 is 0.946 bits per heavy atom. The smallest absolute Gasteiger partial charge is 0.251 e. The lowest BCUT2D eigenvalue weighted by molar-refractivity contribution is -0.117. The van der Waals surface area contributed by atoms with Crippen molar-refractivity contribution in [1.82, 2.24) is 10.2 Å². The van der Waals surface area contributed by atoms with Crippen LogP contribution in [0.1, 0.15) is 52.2 Å². The van der Waals surface area contributed by atoms with Gasteiger partial charge < -0.3 is 20.3 Å². The number of rotatable bonds is 9. The molecule has 2 aliphatic rings. The molecule has 2 amide bonds. The molecule has 2 unspecified atom stereocenters. The average molecular weight is 498 g/mol. The normalized spacial score (nSPS) is 18.9. The van der Waals surface area contributed by atoms with E-state index in [1.807, 2.05) is 43.3 Å². The van der Waals surface area contributed by atoms with Crippen molar-refractivity contribution in [3.8, 4) is 11.5 Å². The molecule has 6 heteroatoms. The highest BCUT2D eigenvalue weighted by atomic mass is 16.5. The van der Waals surface area contributed by atoms with Crippen molar-refractivity contribution in [3.63, 3.8) is 0 Å². The number of nitrogens with one attached hydrogen (secondary N) is 2. The van der Waals surface area contributed by atoms with E-state index in [-0.39, 0.29) is 23.7 Å². The van der Waals surface area contributed by atoms with E-state index < -0.39 is 0 Å². The molecule has 5 rings (SSSR count). The van der Waals surface area contributed by atoms with Crippen LogP contribution in [0.3, 0.4) is 0 Å². The number of hydrogen-bond acceptors (Lipinski definition) is 4. The van der Waals surface area contributed by atoms with Crippen molar-refractivity contribution in [2.75, 3.05) is 31.5 Å². The first-order valence-corrected chi connectivity index (χ1v) is 13.2. The molecule has 2 N–H and O–H groups in total. The van der Waals surface area contributed by atoms with Crippen LogP contribution in [0.2, 0.25) is 0 Å². The first-order valence-electron chi connectivity index (χ1n) is 13.2. The van der Waals surface area contributed by atoms with Gasteiger partial charge in [-0.05, 0) is 99.1 Å². The predicted octanol–water partition coefficient (Wildman–Crippen LogP) is 5.66. The third kappa shape index (κ3) is 6.20. The van der Waals surface area contributed by atoms with Gasteiger partial charge >= 0.3 is 0 Å². The number of ether oxygens (including phenoxy) is 1. The zero-order chi connectivity index (χ0) is 25.8. The first kappa shape index (κ1) is 25.0. The average Bonchev–Trinajstić information content (AvgIpc) is 3.55. The zero-order valence-corrected chi connectivity index (χ0v) is 21.6. The van der Waals surface area contributed by atoms with Crippen molar-refractivity contribution in [3.05, 3.63) is 89.0 Å². The maximum Gasteiger partial charge on any atom is 0.251 e. The number of aryl methyl sites for hydroxylation is 2. The summed E-state index contributed by atoms with van der Waals surface area (Å²) in [5.74, 6) is 1.14. The van der Waals surface area contributed by atoms with Gasteiger partial charge in [-0.3, -0.25) is 9.59 Å². The summed E-state index contributed by atoms with van der Waals surface area (Å²) >= 11 is 0. The summed E-state index contributed by atoms with van der Waals surface area (Å²) in [6.45, 7) is 7.75. The Morgan fingerprint density at radius 3 is 2.49 bits per heavy atom. The number of hydrogen-bond donors (Lipinski definition) is 2. The first-order chi connectivity index (χ1) is 18.0. The number of likely N-dealkylation sites (tertiary alicyclic amines) is 1. The summed E-state index contributed by atoms with van der Waals surface area (Å²) in [7, 11) is 0. The van der Waals surface area contributed by atoms with E-state index in [2.05, 4.69) is 34.6 Å². The van der Waals surface area contributed by atoms with Gasteiger partial charge in [0.2, 0.25) is 5.91 Å². The fourth-order valence-corrected chi connectivity index (χ4v) is 4.98. The molecule has 37 heavy (non-hydrogen) atoms. The van der Waals surface area contributed by atoms with Crippen LogP contribution < -0.4 is 15.4 Å². The topological polar surface area (TPSA) is 70.7 Å². The van der Waals surface area contributed by atoms with Gasteiger partial charge in [-0.2, -0.15) is 0 Å². The standard InChI is InChI=1S/C31H35N3O3/c1-21-10-12-25(18-22(21)2)37-29-13-11-24(30(35)32-14-17-34-15-6-7-16-34)19-28(29)33-31(36)27-20-26(27)23-8-4-3-5-9-23/h3-5,8-13,18-19,26-27H,6-7,14-17,20H2,1-2H3,(H,32,35)(H,33,36). The molecule has 2 fully saturated rings. The number of carbonyl (C=O) groups excluding carboxylic acids is 2. The van der Waals surface area contributed by atoms with Gasteiger partial charge in [0, 0.05) is 24.6 Å². The highest BCUT2D eigenvalue weighted by Gasteiger charge is 2.44. The van der Waals surface area contributed by atoms with E-state index in [4.69, 9.17) is 4.74 Å². The van der Waals surface area contributed by atoms with Gasteiger partial charge in [0.1, 0.15) is 5.75 Å². The molecule has 0 radical (unpaired) electrons. The molecule has 192 valence electrons. The molecule has 0 spiro atoms. The summed E-state index contributed by atoms with van der Waals surface area (Å²) in [6.07, 6.45) is 3.27. The van der Waals surface area contributed by atoms with Gasteiger partial charge in [-0.25, -0.2) is 0 Å². The minimum atomic E-state index is -0.152. The maximum absolute atomic E-state index is 13.2. The molecule has 3 aromatic rings. The molecule has 2 atom stereocenters. The van der Waals surface area contributed by atoms with Crippen LogP contribution in [0.25, 0.3) is 0 Å². The number of amides is 2. The lowest BCUT2D eigenvalue weighted by Crippen LogP contribution is -2.33. The Labute approximate surface area is 219 Å². The largest absolute Gasteiger partial charge is 0.455 e. The van der Waals surface area contributed by atoms with Gasteiger partial charge in [0.25, 0.3) is 5.91 Å². The molecule has 6 nitrogen and oxygen atoms in total. The van der Waals surface area contributed by atoms with Crippen LogP contribution in [-0.4, -0.2) is 42.9 Å². The predicted molar refractivity (Wildman–Crippen MR) is 146 cm³/mol. The van der Waals surface area contributed by atoms with E-state index in [1.54, 1.807) is 18.2 Å². The molecule has 1 aliphatic carbocycles. The van der Waals surface area contributed by atoms with Crippen LogP contribution in [0.4, 0.5) is 5.69 Å². The molecule has 0 bridgehead atoms. The lowest BCUT2D eigenvalue weighted by Gasteiger charge is -2.16. The Morgan fingerprint density at radius 2 is 1.73 bits per heavy atom. The SMILES string of the molecule is Cc1ccc(Oc2ccc(C(=O)NCCN3CCCC3)cc2NC(=O)C2CC2c2ccccc2)cc1C. The van der Waals surface area contributed by atoms with Gasteiger partial charge in [-0.1, -0.05) is 36.4 Å². The minimum absolute atomic E-state index is 0.0506. The Hall–Kier alpha value is -3.64. The fraction of sp³-hybridized carbons (Fsp3) is 0.355. The second-order valence-corrected chi connectivity index (χ2v) is 10.2. The summed E-state index contributed by atoms with van der Waals surface area (Å²) in [5.41, 5.74) is 4.50. The van der Waals surface area contributed by atoms with E-state index >= 15 is 0 Å². The van der Waals surface area contributed by atoms with Crippen LogP contribution in [-0.2, 0) is 4.79 Å². The zero-order valence-electron chi connectivity index (χ0n) is 21.6. The van der Waals surface area contributed by atoms with Crippen molar-refractivity contribution in [2.24, 2.45) is 5.92 Å². The Balaban J connectivity index is 1.31. The highest BCUT2D eigenvalue weighted by molar-refractivity contribution is 6.00. The van der Waals surface area contributed by atoms with Crippen molar-refractivity contribution >= 4 is 17.5 Å². The highest BCUT2D eigenvalue weighted by Crippen LogP contribution is 2.48. The molecule has 1 saturated carbocycles. The fourth-order valence-electron chi connectivity index (χ4n) is 4.98. The second kappa shape index (κ2) is 11.2. The van der Waals surface area contributed by atoms with Crippen LogP contribution in [0.15, 0.2) is 66.7 Å². The van der Waals surface area contributed by atoms with Crippen molar-refractivity contribution in [1.29, 1.82) is 0 Å². The van der Waals surface area contributed by atoms with Crippen molar-refractivity contribution < 1.29 is 14.3 Å². The van der Waals surface area contributed by atoms with E-state index in [1.165, 1.54) is 24.0 Å². The van der Waals surface area contributed by atoms with Crippen molar-refractivity contribution in [2.45, 2.75) is 39.0 Å². The number of anilines is 1. The van der Waals surface area contributed by atoms with Gasteiger partial charge in [-0.15, -0.1) is 0 Å². The van der Waals surface area contributed by atoms with E-state index in [9.17, 15) is 9.59 Å². The van der Waals surface area contributed by atoms with Crippen LogP contribution in [0, 0.1) is 19.8 Å². The Kier molecular flexibility index (Phi) is 7.56. The molecule has 1 heterocycles. The molecule has 1 saturated heterocycles. The number of benzene rings is 3. The maximum atomic E-state index is 13.2. The van der Waals surface area contributed by atoms with E-state index in [0.717, 1.165) is 31.6 Å². The van der Waals surface area contributed by atoms with Gasteiger partial charge in [0.05, 0.1) is 5.69 Å². The Bertz CT molecular complexity index is 1270. The number of carbonyl (C=O) groups is 2. The summed E-state index contributed by atoms with van der Waals surface area (Å²) in [6, 6.07) is 21.3. The van der Waals surface area contributed by atoms with Crippen LogP contribution >= 0.6 is 0 Å². The number of nitrogens with zero attached hydrogens (tertiary/aromatic N) is 1. The molecular weight excluding hydrogens is 462 g/mol. The summed E-state index contributed by atoms with van der Waals surface area (Å²) < 4.78 is 6.19. The quantitative estimate of drug-likeness (QED) is 0.400. The van der Waals surface area contributed by atoms with Gasteiger partial charge in [0.15, 0.2) is 5.75 Å². The van der Waals surface area contributed by atoms with E-state index in [0.29, 0.717) is 29.3 Å². The van der Waals surface area contributed by atoms with Crippen LogP contribution in [0.5, 0.6) is 11.5 Å². The monoisotopic (exact) mass is 497 g/mol. The molecule has 1 aliphatic heterocycles. The third-order valence-corrected chi connectivity index (χ3v) is 7.47.